The van der Waals surface area contributed by atoms with Crippen LogP contribution in [0.5, 0.6) is 5.75 Å². The Hall–Kier alpha value is -2.30. The molecule has 0 unspecified atom stereocenters. The summed E-state index contributed by atoms with van der Waals surface area (Å²) in [6.45, 7) is 1.99. The van der Waals surface area contributed by atoms with Crippen LogP contribution in [0.25, 0.3) is 0 Å². The maximum Gasteiger partial charge on any atom is 0.416 e. The number of carbonyl (C=O) groups is 1. The van der Waals surface area contributed by atoms with Crippen LogP contribution in [-0.2, 0) is 12.6 Å². The lowest BCUT2D eigenvalue weighted by Gasteiger charge is -2.11. The smallest absolute Gasteiger partial charge is 0.416 e. The fraction of sp³-hybridized carbons (Fsp3) is 0.235. The molecule has 2 rings (SSSR count). The Bertz CT molecular complexity index is 663. The molecule has 0 spiro atoms. The minimum atomic E-state index is -4.49. The monoisotopic (exact) mass is 308 g/mol. The van der Waals surface area contributed by atoms with E-state index in [-0.39, 0.29) is 5.56 Å². The zero-order valence-corrected chi connectivity index (χ0v) is 12.0. The molecule has 0 aliphatic carbocycles. The number of rotatable bonds is 4. The summed E-state index contributed by atoms with van der Waals surface area (Å²) in [5, 5.41) is 0. The summed E-state index contributed by atoms with van der Waals surface area (Å²) in [6.07, 6.45) is -2.89. The van der Waals surface area contributed by atoms with Crippen molar-refractivity contribution in [3.05, 3.63) is 65.2 Å². The van der Waals surface area contributed by atoms with E-state index in [0.29, 0.717) is 5.75 Å². The number of aryl methyl sites for hydroxylation is 1. The van der Waals surface area contributed by atoms with Crippen molar-refractivity contribution in [3.63, 3.8) is 0 Å². The van der Waals surface area contributed by atoms with E-state index in [0.717, 1.165) is 30.5 Å². The molecule has 0 N–H and O–H groups in total. The van der Waals surface area contributed by atoms with Gasteiger partial charge in [0.25, 0.3) is 0 Å². The molecule has 5 heteroatoms. The molecule has 0 aliphatic rings. The van der Waals surface area contributed by atoms with Gasteiger partial charge in [0.15, 0.2) is 0 Å². The molecule has 0 saturated carbocycles. The summed E-state index contributed by atoms with van der Waals surface area (Å²) in [4.78, 5) is 12.1. The Morgan fingerprint density at radius 1 is 1.09 bits per heavy atom. The quantitative estimate of drug-likeness (QED) is 0.594. The molecule has 2 aromatic rings. The first-order valence-corrected chi connectivity index (χ1v) is 6.89. The highest BCUT2D eigenvalue weighted by molar-refractivity contribution is 5.91. The van der Waals surface area contributed by atoms with E-state index in [1.54, 1.807) is 12.1 Å². The summed E-state index contributed by atoms with van der Waals surface area (Å²) < 4.78 is 43.3. The Labute approximate surface area is 126 Å². The van der Waals surface area contributed by atoms with Crippen molar-refractivity contribution in [2.45, 2.75) is 25.9 Å². The van der Waals surface area contributed by atoms with Crippen molar-refractivity contribution >= 4 is 5.97 Å². The number of benzene rings is 2. The van der Waals surface area contributed by atoms with E-state index in [9.17, 15) is 18.0 Å². The molecular weight excluding hydrogens is 293 g/mol. The van der Waals surface area contributed by atoms with E-state index in [2.05, 4.69) is 0 Å². The van der Waals surface area contributed by atoms with Gasteiger partial charge in [-0.3, -0.25) is 0 Å². The third-order valence-corrected chi connectivity index (χ3v) is 3.12. The average molecular weight is 308 g/mol. The zero-order valence-electron chi connectivity index (χ0n) is 12.0. The lowest BCUT2D eigenvalue weighted by atomic mass is 10.1. The number of hydrogen-bond donors (Lipinski definition) is 0. The van der Waals surface area contributed by atoms with Crippen LogP contribution >= 0.6 is 0 Å². The third kappa shape index (κ3) is 3.87. The largest absolute Gasteiger partial charge is 0.423 e. The minimum Gasteiger partial charge on any atom is -0.423 e. The highest BCUT2D eigenvalue weighted by atomic mass is 19.4. The van der Waals surface area contributed by atoms with Crippen LogP contribution < -0.4 is 4.74 Å². The van der Waals surface area contributed by atoms with E-state index >= 15 is 0 Å². The molecule has 116 valence electrons. The molecule has 22 heavy (non-hydrogen) atoms. The lowest BCUT2D eigenvalue weighted by Crippen LogP contribution is -2.12. The van der Waals surface area contributed by atoms with Crippen LogP contribution in [0.1, 0.15) is 34.8 Å². The van der Waals surface area contributed by atoms with Gasteiger partial charge in [-0.15, -0.1) is 0 Å². The van der Waals surface area contributed by atoms with Crippen LogP contribution in [0.15, 0.2) is 48.5 Å². The van der Waals surface area contributed by atoms with Crippen LogP contribution in [0.3, 0.4) is 0 Å². The molecule has 2 aromatic carbocycles. The van der Waals surface area contributed by atoms with Crippen molar-refractivity contribution < 1.29 is 22.7 Å². The van der Waals surface area contributed by atoms with Crippen molar-refractivity contribution in [2.75, 3.05) is 0 Å². The second-order valence-electron chi connectivity index (χ2n) is 4.83. The number of esters is 1. The van der Waals surface area contributed by atoms with Crippen LogP contribution in [-0.4, -0.2) is 5.97 Å². The summed E-state index contributed by atoms with van der Waals surface area (Å²) in [5.41, 5.74) is -0.143. The first-order valence-electron chi connectivity index (χ1n) is 6.89. The van der Waals surface area contributed by atoms with Gasteiger partial charge >= 0.3 is 12.1 Å². The fourth-order valence-corrected chi connectivity index (χ4v) is 2.06. The van der Waals surface area contributed by atoms with Gasteiger partial charge in [-0.1, -0.05) is 37.6 Å². The third-order valence-electron chi connectivity index (χ3n) is 3.12. The number of halogens is 3. The molecule has 0 amide bonds. The number of hydrogen-bond acceptors (Lipinski definition) is 2. The molecule has 0 heterocycles. The number of carbonyl (C=O) groups excluding carboxylic acids is 1. The Morgan fingerprint density at radius 2 is 1.82 bits per heavy atom. The molecule has 0 fully saturated rings. The van der Waals surface area contributed by atoms with Gasteiger partial charge in [0.05, 0.1) is 11.1 Å². The number of alkyl halides is 3. The van der Waals surface area contributed by atoms with Crippen LogP contribution in [0.4, 0.5) is 13.2 Å². The highest BCUT2D eigenvalue weighted by Crippen LogP contribution is 2.30. The first-order chi connectivity index (χ1) is 10.4. The van der Waals surface area contributed by atoms with Crippen LogP contribution in [0.2, 0.25) is 0 Å². The molecule has 0 atom stereocenters. The Balaban J connectivity index is 2.23. The second-order valence-corrected chi connectivity index (χ2v) is 4.83. The SMILES string of the molecule is CCCc1ccccc1OC(=O)c1cccc(C(F)(F)F)c1. The lowest BCUT2D eigenvalue weighted by molar-refractivity contribution is -0.137. The molecule has 0 aromatic heterocycles. The summed E-state index contributed by atoms with van der Waals surface area (Å²) in [6, 6.07) is 11.2. The van der Waals surface area contributed by atoms with Gasteiger partial charge in [0, 0.05) is 0 Å². The molecule has 0 bridgehead atoms. The predicted octanol–water partition coefficient (Wildman–Crippen LogP) is 4.88. The van der Waals surface area contributed by atoms with E-state index < -0.39 is 17.7 Å². The van der Waals surface area contributed by atoms with Gasteiger partial charge in [0.2, 0.25) is 0 Å². The molecule has 0 aliphatic heterocycles. The van der Waals surface area contributed by atoms with Crippen molar-refractivity contribution in [3.8, 4) is 5.75 Å². The molecule has 0 radical (unpaired) electrons. The summed E-state index contributed by atoms with van der Waals surface area (Å²) in [7, 11) is 0. The Kier molecular flexibility index (Phi) is 4.85. The molecule has 2 nitrogen and oxygen atoms in total. The standard InChI is InChI=1S/C17H15F3O2/c1-2-6-12-7-3-4-10-15(12)22-16(21)13-8-5-9-14(11-13)17(18,19)20/h3-5,7-11H,2,6H2,1H3. The van der Waals surface area contributed by atoms with Gasteiger partial charge in [-0.05, 0) is 36.2 Å². The summed E-state index contributed by atoms with van der Waals surface area (Å²) in [5.74, 6) is -0.415. The minimum absolute atomic E-state index is 0.124. The molecular formula is C17H15F3O2. The maximum absolute atomic E-state index is 12.7. The van der Waals surface area contributed by atoms with E-state index in [1.165, 1.54) is 12.1 Å². The van der Waals surface area contributed by atoms with Crippen LogP contribution in [0, 0.1) is 0 Å². The normalized spacial score (nSPS) is 11.3. The van der Waals surface area contributed by atoms with E-state index in [4.69, 9.17) is 4.74 Å². The van der Waals surface area contributed by atoms with Gasteiger partial charge in [0.1, 0.15) is 5.75 Å². The predicted molar refractivity (Wildman–Crippen MR) is 76.8 cm³/mol. The van der Waals surface area contributed by atoms with Gasteiger partial charge in [-0.2, -0.15) is 13.2 Å². The first kappa shape index (κ1) is 16.1. The summed E-state index contributed by atoms with van der Waals surface area (Å²) >= 11 is 0. The van der Waals surface area contributed by atoms with E-state index in [1.807, 2.05) is 19.1 Å². The topological polar surface area (TPSA) is 26.3 Å². The van der Waals surface area contributed by atoms with Gasteiger partial charge in [-0.25, -0.2) is 4.79 Å². The second kappa shape index (κ2) is 6.64. The fourth-order valence-electron chi connectivity index (χ4n) is 2.06. The Morgan fingerprint density at radius 3 is 2.50 bits per heavy atom. The highest BCUT2D eigenvalue weighted by Gasteiger charge is 2.31. The maximum atomic E-state index is 12.7. The van der Waals surface area contributed by atoms with Crippen molar-refractivity contribution in [1.82, 2.24) is 0 Å². The van der Waals surface area contributed by atoms with Gasteiger partial charge < -0.3 is 4.74 Å². The van der Waals surface area contributed by atoms with Crippen molar-refractivity contribution in [1.29, 1.82) is 0 Å². The number of ether oxygens (including phenoxy) is 1. The zero-order chi connectivity index (χ0) is 16.2. The number of para-hydroxylation sites is 1. The molecule has 0 saturated heterocycles. The van der Waals surface area contributed by atoms with Crippen molar-refractivity contribution in [2.24, 2.45) is 0 Å². The average Bonchev–Trinajstić information content (AvgIpc) is 2.49.